The van der Waals surface area contributed by atoms with E-state index in [1.54, 1.807) is 18.2 Å². The van der Waals surface area contributed by atoms with E-state index >= 15 is 0 Å². The Morgan fingerprint density at radius 1 is 1.08 bits per heavy atom. The fraction of sp³-hybridized carbons (Fsp3) is 0.0588. The van der Waals surface area contributed by atoms with Gasteiger partial charge >= 0.3 is 0 Å². The number of nitro groups is 1. The maximum atomic E-state index is 10.8. The first-order chi connectivity index (χ1) is 11.7. The SMILES string of the molecule is O=[N+]([O-])c1cccc(CSc2nnc(C=Cc3ccccc3)o2)c1. The van der Waals surface area contributed by atoms with Crippen molar-refractivity contribution in [2.75, 3.05) is 0 Å². The number of benzene rings is 2. The number of thioether (sulfide) groups is 1. The van der Waals surface area contributed by atoms with Crippen molar-refractivity contribution in [1.29, 1.82) is 0 Å². The molecular formula is C17H13N3O3S. The molecule has 0 aliphatic carbocycles. The van der Waals surface area contributed by atoms with Crippen molar-refractivity contribution in [3.8, 4) is 0 Å². The van der Waals surface area contributed by atoms with Crippen molar-refractivity contribution in [2.45, 2.75) is 11.0 Å². The standard InChI is InChI=1S/C17H13N3O3S/c21-20(22)15-8-4-7-14(11-15)12-24-17-19-18-16(23-17)10-9-13-5-2-1-3-6-13/h1-11H,12H2. The summed E-state index contributed by atoms with van der Waals surface area (Å²) in [5, 5.41) is 19.1. The summed E-state index contributed by atoms with van der Waals surface area (Å²) in [6.45, 7) is 0. The van der Waals surface area contributed by atoms with Gasteiger partial charge in [0.25, 0.3) is 10.9 Å². The molecule has 24 heavy (non-hydrogen) atoms. The zero-order valence-electron chi connectivity index (χ0n) is 12.5. The molecule has 0 radical (unpaired) electrons. The van der Waals surface area contributed by atoms with Gasteiger partial charge in [0.2, 0.25) is 5.89 Å². The largest absolute Gasteiger partial charge is 0.412 e. The van der Waals surface area contributed by atoms with Crippen LogP contribution in [0, 0.1) is 10.1 Å². The molecule has 0 bridgehead atoms. The first-order valence-corrected chi connectivity index (χ1v) is 8.12. The minimum absolute atomic E-state index is 0.0742. The molecule has 0 saturated carbocycles. The van der Waals surface area contributed by atoms with Gasteiger partial charge in [-0.05, 0) is 17.2 Å². The van der Waals surface area contributed by atoms with E-state index in [2.05, 4.69) is 10.2 Å². The van der Waals surface area contributed by atoms with E-state index in [9.17, 15) is 10.1 Å². The van der Waals surface area contributed by atoms with Crippen LogP contribution >= 0.6 is 11.8 Å². The molecule has 0 unspecified atom stereocenters. The highest BCUT2D eigenvalue weighted by Gasteiger charge is 2.08. The molecule has 1 aromatic heterocycles. The molecule has 120 valence electrons. The molecule has 0 atom stereocenters. The smallest absolute Gasteiger partial charge is 0.277 e. The fourth-order valence-electron chi connectivity index (χ4n) is 1.98. The number of non-ortho nitro benzene ring substituents is 1. The molecule has 2 aromatic carbocycles. The highest BCUT2D eigenvalue weighted by molar-refractivity contribution is 7.98. The van der Waals surface area contributed by atoms with Gasteiger partial charge in [-0.1, -0.05) is 54.2 Å². The zero-order valence-corrected chi connectivity index (χ0v) is 13.3. The molecule has 0 aliphatic rings. The second-order valence-electron chi connectivity index (χ2n) is 4.87. The molecule has 0 amide bonds. The molecule has 0 fully saturated rings. The summed E-state index contributed by atoms with van der Waals surface area (Å²) in [5.41, 5.74) is 1.94. The minimum atomic E-state index is -0.409. The summed E-state index contributed by atoms with van der Waals surface area (Å²) < 4.78 is 5.52. The van der Waals surface area contributed by atoms with Crippen LogP contribution in [0.5, 0.6) is 0 Å². The van der Waals surface area contributed by atoms with Crippen LogP contribution < -0.4 is 0 Å². The molecule has 0 spiro atoms. The van der Waals surface area contributed by atoms with Crippen molar-refractivity contribution >= 4 is 29.6 Å². The summed E-state index contributed by atoms with van der Waals surface area (Å²) in [7, 11) is 0. The van der Waals surface area contributed by atoms with Crippen LogP contribution in [0.1, 0.15) is 17.0 Å². The summed E-state index contributed by atoms with van der Waals surface area (Å²) in [6.07, 6.45) is 3.64. The lowest BCUT2D eigenvalue weighted by molar-refractivity contribution is -0.384. The number of hydrogen-bond donors (Lipinski definition) is 0. The van der Waals surface area contributed by atoms with E-state index in [4.69, 9.17) is 4.42 Å². The van der Waals surface area contributed by atoms with Crippen LogP contribution in [0.25, 0.3) is 12.2 Å². The fourth-order valence-corrected chi connectivity index (χ4v) is 2.70. The van der Waals surface area contributed by atoms with Crippen LogP contribution in [0.2, 0.25) is 0 Å². The van der Waals surface area contributed by atoms with Crippen LogP contribution in [-0.2, 0) is 5.75 Å². The van der Waals surface area contributed by atoms with E-state index in [0.717, 1.165) is 11.1 Å². The molecule has 6 nitrogen and oxygen atoms in total. The third kappa shape index (κ3) is 4.30. The van der Waals surface area contributed by atoms with Gasteiger partial charge < -0.3 is 4.42 Å². The third-order valence-corrected chi connectivity index (χ3v) is 4.01. The van der Waals surface area contributed by atoms with Gasteiger partial charge in [0.15, 0.2) is 0 Å². The Kier molecular flexibility index (Phi) is 5.02. The maximum Gasteiger partial charge on any atom is 0.277 e. The summed E-state index contributed by atoms with van der Waals surface area (Å²) in [4.78, 5) is 10.4. The monoisotopic (exact) mass is 339 g/mol. The average molecular weight is 339 g/mol. The van der Waals surface area contributed by atoms with Gasteiger partial charge in [0, 0.05) is 24.0 Å². The molecule has 0 N–H and O–H groups in total. The predicted octanol–water partition coefficient (Wildman–Crippen LogP) is 4.44. The summed E-state index contributed by atoms with van der Waals surface area (Å²) >= 11 is 1.34. The number of rotatable bonds is 6. The van der Waals surface area contributed by atoms with Gasteiger partial charge in [-0.15, -0.1) is 10.2 Å². The highest BCUT2D eigenvalue weighted by atomic mass is 32.2. The quantitative estimate of drug-likeness (QED) is 0.375. The van der Waals surface area contributed by atoms with Crippen molar-refractivity contribution < 1.29 is 9.34 Å². The molecule has 7 heteroatoms. The molecular weight excluding hydrogens is 326 g/mol. The Bertz CT molecular complexity index is 862. The number of nitro benzene ring substituents is 1. The van der Waals surface area contributed by atoms with E-state index in [1.165, 1.54) is 17.8 Å². The van der Waals surface area contributed by atoms with Crippen LogP contribution in [0.15, 0.2) is 64.2 Å². The topological polar surface area (TPSA) is 82.1 Å². The van der Waals surface area contributed by atoms with E-state index < -0.39 is 4.92 Å². The summed E-state index contributed by atoms with van der Waals surface area (Å²) in [6, 6.07) is 16.3. The van der Waals surface area contributed by atoms with E-state index in [1.807, 2.05) is 42.5 Å². The van der Waals surface area contributed by atoms with Crippen molar-refractivity contribution in [1.82, 2.24) is 10.2 Å². The van der Waals surface area contributed by atoms with Gasteiger partial charge in [-0.25, -0.2) is 0 Å². The Balaban J connectivity index is 1.61. The van der Waals surface area contributed by atoms with Crippen molar-refractivity contribution in [3.63, 3.8) is 0 Å². The van der Waals surface area contributed by atoms with Gasteiger partial charge in [0.05, 0.1) is 4.92 Å². The lowest BCUT2D eigenvalue weighted by atomic mass is 10.2. The lowest BCUT2D eigenvalue weighted by Crippen LogP contribution is -1.89. The third-order valence-electron chi connectivity index (χ3n) is 3.12. The molecule has 0 aliphatic heterocycles. The number of aromatic nitrogens is 2. The average Bonchev–Trinajstić information content (AvgIpc) is 3.07. The van der Waals surface area contributed by atoms with Gasteiger partial charge in [-0.2, -0.15) is 0 Å². The first kappa shape index (κ1) is 15.9. The van der Waals surface area contributed by atoms with E-state index in [0.29, 0.717) is 16.9 Å². The van der Waals surface area contributed by atoms with Crippen LogP contribution in [-0.4, -0.2) is 15.1 Å². The van der Waals surface area contributed by atoms with Crippen molar-refractivity contribution in [3.05, 3.63) is 81.7 Å². The van der Waals surface area contributed by atoms with Crippen LogP contribution in [0.4, 0.5) is 5.69 Å². The number of nitrogens with zero attached hydrogens (tertiary/aromatic N) is 3. The molecule has 0 saturated heterocycles. The molecule has 3 rings (SSSR count). The Labute approximate surface area is 142 Å². The molecule has 3 aromatic rings. The second-order valence-corrected chi connectivity index (χ2v) is 5.79. The second kappa shape index (κ2) is 7.56. The zero-order chi connectivity index (χ0) is 16.8. The summed E-state index contributed by atoms with van der Waals surface area (Å²) in [5.74, 6) is 0.937. The number of hydrogen-bond acceptors (Lipinski definition) is 6. The van der Waals surface area contributed by atoms with Gasteiger partial charge in [-0.3, -0.25) is 10.1 Å². The normalized spacial score (nSPS) is 11.0. The highest BCUT2D eigenvalue weighted by Crippen LogP contribution is 2.24. The first-order valence-electron chi connectivity index (χ1n) is 7.13. The van der Waals surface area contributed by atoms with Crippen molar-refractivity contribution in [2.24, 2.45) is 0 Å². The minimum Gasteiger partial charge on any atom is -0.412 e. The Morgan fingerprint density at radius 2 is 1.92 bits per heavy atom. The lowest BCUT2D eigenvalue weighted by Gasteiger charge is -1.98. The van der Waals surface area contributed by atoms with Crippen LogP contribution in [0.3, 0.4) is 0 Å². The Morgan fingerprint density at radius 3 is 2.71 bits per heavy atom. The van der Waals surface area contributed by atoms with E-state index in [-0.39, 0.29) is 5.69 Å². The molecule has 1 heterocycles. The predicted molar refractivity (Wildman–Crippen MR) is 92.3 cm³/mol. The Hall–Kier alpha value is -2.93. The maximum absolute atomic E-state index is 10.8. The van der Waals surface area contributed by atoms with Gasteiger partial charge in [0.1, 0.15) is 0 Å².